The zero-order valence-corrected chi connectivity index (χ0v) is 15.4. The smallest absolute Gasteiger partial charge is 0.255 e. The van der Waals surface area contributed by atoms with Crippen LogP contribution in [0, 0.1) is 0 Å². The van der Waals surface area contributed by atoms with Crippen LogP contribution in [0.2, 0.25) is 0 Å². The first-order valence-corrected chi connectivity index (χ1v) is 9.21. The van der Waals surface area contributed by atoms with Crippen LogP contribution in [0.3, 0.4) is 0 Å². The van der Waals surface area contributed by atoms with Gasteiger partial charge in [-0.2, -0.15) is 0 Å². The first-order chi connectivity index (χ1) is 11.7. The highest BCUT2D eigenvalue weighted by Gasteiger charge is 2.21. The van der Waals surface area contributed by atoms with Crippen molar-refractivity contribution in [2.75, 3.05) is 18.0 Å². The van der Waals surface area contributed by atoms with Crippen LogP contribution >= 0.6 is 15.9 Å². The van der Waals surface area contributed by atoms with Crippen molar-refractivity contribution in [2.24, 2.45) is 0 Å². The van der Waals surface area contributed by atoms with E-state index in [0.29, 0.717) is 5.56 Å². The molecule has 2 aromatic rings. The number of amides is 1. The number of benzene rings is 1. The van der Waals surface area contributed by atoms with Gasteiger partial charge in [0, 0.05) is 23.8 Å². The van der Waals surface area contributed by atoms with E-state index in [2.05, 4.69) is 31.1 Å². The molecule has 1 amide bonds. The second-order valence-corrected chi connectivity index (χ2v) is 6.99. The average molecular weight is 388 g/mol. The van der Waals surface area contributed by atoms with Crippen LogP contribution < -0.4 is 10.2 Å². The van der Waals surface area contributed by atoms with Gasteiger partial charge in [0.05, 0.1) is 11.6 Å². The Kier molecular flexibility index (Phi) is 5.51. The molecule has 2 heterocycles. The lowest BCUT2D eigenvalue weighted by molar-refractivity contribution is 0.0940. The van der Waals surface area contributed by atoms with Gasteiger partial charge in [-0.15, -0.1) is 0 Å². The van der Waals surface area contributed by atoms with Gasteiger partial charge in [-0.05, 0) is 49.9 Å². The number of rotatable bonds is 4. The number of nitrogens with one attached hydrogen (secondary N) is 1. The Morgan fingerprint density at radius 3 is 2.67 bits per heavy atom. The zero-order valence-electron chi connectivity index (χ0n) is 13.8. The zero-order chi connectivity index (χ0) is 16.9. The number of hydrogen-bond acceptors (Lipinski definition) is 3. The maximum Gasteiger partial charge on any atom is 0.255 e. The molecule has 0 spiro atoms. The van der Waals surface area contributed by atoms with E-state index < -0.39 is 0 Å². The molecule has 3 rings (SSSR count). The lowest BCUT2D eigenvalue weighted by atomic mass is 10.1. The van der Waals surface area contributed by atoms with Crippen molar-refractivity contribution in [3.63, 3.8) is 0 Å². The Bertz CT molecular complexity index is 713. The van der Waals surface area contributed by atoms with Crippen LogP contribution in [-0.2, 0) is 0 Å². The fourth-order valence-corrected chi connectivity index (χ4v) is 3.74. The predicted octanol–water partition coefficient (Wildman–Crippen LogP) is 4.33. The molecule has 126 valence electrons. The van der Waals surface area contributed by atoms with Gasteiger partial charge in [-0.1, -0.05) is 34.1 Å². The molecule has 24 heavy (non-hydrogen) atoms. The molecule has 0 saturated carbocycles. The van der Waals surface area contributed by atoms with Crippen molar-refractivity contribution in [3.8, 4) is 0 Å². The Morgan fingerprint density at radius 1 is 1.17 bits per heavy atom. The van der Waals surface area contributed by atoms with Gasteiger partial charge in [0.25, 0.3) is 5.91 Å². The second-order valence-electron chi connectivity index (χ2n) is 6.14. The lowest BCUT2D eigenvalue weighted by Gasteiger charge is -2.29. The molecule has 1 aliphatic rings. The van der Waals surface area contributed by atoms with Gasteiger partial charge < -0.3 is 10.2 Å². The number of carbonyl (C=O) groups is 1. The first-order valence-electron chi connectivity index (χ1n) is 8.42. The monoisotopic (exact) mass is 387 g/mol. The minimum atomic E-state index is -0.0810. The predicted molar refractivity (Wildman–Crippen MR) is 100 cm³/mol. The van der Waals surface area contributed by atoms with Gasteiger partial charge in [0.15, 0.2) is 0 Å². The van der Waals surface area contributed by atoms with Gasteiger partial charge >= 0.3 is 0 Å². The number of hydrogen-bond donors (Lipinski definition) is 1. The van der Waals surface area contributed by atoms with E-state index >= 15 is 0 Å². The van der Waals surface area contributed by atoms with E-state index in [0.717, 1.165) is 41.8 Å². The fourth-order valence-electron chi connectivity index (χ4n) is 3.11. The van der Waals surface area contributed by atoms with E-state index in [4.69, 9.17) is 0 Å². The van der Waals surface area contributed by atoms with Crippen LogP contribution in [0.4, 0.5) is 5.82 Å². The minimum Gasteiger partial charge on any atom is -0.356 e. The SMILES string of the molecule is CC(NC(=O)c1cccnc1N1CCCCC1)c1ccccc1Br. The topological polar surface area (TPSA) is 45.2 Å². The van der Waals surface area contributed by atoms with Crippen LogP contribution in [0.25, 0.3) is 0 Å². The second kappa shape index (κ2) is 7.79. The van der Waals surface area contributed by atoms with E-state index in [1.807, 2.05) is 43.3 Å². The van der Waals surface area contributed by atoms with E-state index in [9.17, 15) is 4.79 Å². The third kappa shape index (κ3) is 3.78. The Hall–Kier alpha value is -1.88. The fraction of sp³-hybridized carbons (Fsp3) is 0.368. The summed E-state index contributed by atoms with van der Waals surface area (Å²) in [6.45, 7) is 3.93. The number of nitrogens with zero attached hydrogens (tertiary/aromatic N) is 2. The molecule has 4 nitrogen and oxygen atoms in total. The van der Waals surface area contributed by atoms with E-state index in [1.54, 1.807) is 6.20 Å². The van der Waals surface area contributed by atoms with Crippen molar-refractivity contribution in [2.45, 2.75) is 32.2 Å². The highest BCUT2D eigenvalue weighted by atomic mass is 79.9. The summed E-state index contributed by atoms with van der Waals surface area (Å²) in [7, 11) is 0. The summed E-state index contributed by atoms with van der Waals surface area (Å²) >= 11 is 3.55. The van der Waals surface area contributed by atoms with Crippen LogP contribution in [-0.4, -0.2) is 24.0 Å². The van der Waals surface area contributed by atoms with Crippen molar-refractivity contribution < 1.29 is 4.79 Å². The number of aromatic nitrogens is 1. The van der Waals surface area contributed by atoms with Crippen molar-refractivity contribution in [3.05, 3.63) is 58.2 Å². The summed E-state index contributed by atoms with van der Waals surface area (Å²) in [6.07, 6.45) is 5.33. The normalized spacial score (nSPS) is 15.8. The molecule has 1 N–H and O–H groups in total. The highest BCUT2D eigenvalue weighted by Crippen LogP contribution is 2.25. The summed E-state index contributed by atoms with van der Waals surface area (Å²) in [5, 5.41) is 3.10. The summed E-state index contributed by atoms with van der Waals surface area (Å²) < 4.78 is 1.00. The summed E-state index contributed by atoms with van der Waals surface area (Å²) in [4.78, 5) is 19.5. The van der Waals surface area contributed by atoms with E-state index in [-0.39, 0.29) is 11.9 Å². The molecule has 1 fully saturated rings. The number of halogens is 1. The molecular weight excluding hydrogens is 366 g/mol. The molecule has 1 aromatic heterocycles. The summed E-state index contributed by atoms with van der Waals surface area (Å²) in [6, 6.07) is 11.6. The summed E-state index contributed by atoms with van der Waals surface area (Å²) in [5.74, 6) is 0.723. The summed E-state index contributed by atoms with van der Waals surface area (Å²) in [5.41, 5.74) is 1.72. The molecular formula is C19H22BrN3O. The largest absolute Gasteiger partial charge is 0.356 e. The molecule has 1 atom stereocenters. The molecule has 0 bridgehead atoms. The van der Waals surface area contributed by atoms with E-state index in [1.165, 1.54) is 6.42 Å². The van der Waals surface area contributed by atoms with Crippen molar-refractivity contribution >= 4 is 27.7 Å². The number of piperidine rings is 1. The van der Waals surface area contributed by atoms with Crippen LogP contribution in [0.1, 0.15) is 48.1 Å². The molecule has 1 aromatic carbocycles. The average Bonchev–Trinajstić information content (AvgIpc) is 2.62. The van der Waals surface area contributed by atoms with Gasteiger partial charge in [0.2, 0.25) is 0 Å². The van der Waals surface area contributed by atoms with Crippen LogP contribution in [0.15, 0.2) is 47.1 Å². The molecule has 1 unspecified atom stereocenters. The Labute approximate surface area is 151 Å². The lowest BCUT2D eigenvalue weighted by Crippen LogP contribution is -2.34. The third-order valence-electron chi connectivity index (χ3n) is 4.41. The number of pyridine rings is 1. The standard InChI is InChI=1S/C19H22BrN3O/c1-14(15-8-3-4-10-17(15)20)22-19(24)16-9-7-11-21-18(16)23-12-5-2-6-13-23/h3-4,7-11,14H,2,5-6,12-13H2,1H3,(H,22,24). The molecule has 0 aliphatic carbocycles. The van der Waals surface area contributed by atoms with Gasteiger partial charge in [-0.3, -0.25) is 4.79 Å². The molecule has 5 heteroatoms. The minimum absolute atomic E-state index is 0.0769. The Balaban J connectivity index is 1.79. The third-order valence-corrected chi connectivity index (χ3v) is 5.13. The quantitative estimate of drug-likeness (QED) is 0.848. The maximum absolute atomic E-state index is 12.8. The van der Waals surface area contributed by atoms with Crippen molar-refractivity contribution in [1.29, 1.82) is 0 Å². The highest BCUT2D eigenvalue weighted by molar-refractivity contribution is 9.10. The van der Waals surface area contributed by atoms with Gasteiger partial charge in [0.1, 0.15) is 5.82 Å². The van der Waals surface area contributed by atoms with Gasteiger partial charge in [-0.25, -0.2) is 4.98 Å². The molecule has 1 aliphatic heterocycles. The first kappa shape index (κ1) is 17.0. The Morgan fingerprint density at radius 2 is 1.92 bits per heavy atom. The number of carbonyl (C=O) groups excluding carboxylic acids is 1. The van der Waals surface area contributed by atoms with Crippen molar-refractivity contribution in [1.82, 2.24) is 10.3 Å². The maximum atomic E-state index is 12.8. The number of anilines is 1. The molecule has 0 radical (unpaired) electrons. The molecule has 1 saturated heterocycles. The van der Waals surface area contributed by atoms with Crippen LogP contribution in [0.5, 0.6) is 0 Å².